The Morgan fingerprint density at radius 1 is 1.45 bits per heavy atom. The van der Waals surface area contributed by atoms with E-state index in [-0.39, 0.29) is 24.0 Å². The van der Waals surface area contributed by atoms with Crippen molar-refractivity contribution >= 4 is 46.4 Å². The lowest BCUT2D eigenvalue weighted by Gasteiger charge is -2.10. The first-order chi connectivity index (χ1) is 9.19. The smallest absolute Gasteiger partial charge is 0.191 e. The van der Waals surface area contributed by atoms with Crippen molar-refractivity contribution in [3.8, 4) is 0 Å². The van der Waals surface area contributed by atoms with Gasteiger partial charge in [0, 0.05) is 33.1 Å². The Hall–Kier alpha value is -0.570. The molecule has 0 atom stereocenters. The second-order valence-electron chi connectivity index (χ2n) is 5.10. The van der Waals surface area contributed by atoms with Crippen LogP contribution in [0.4, 0.5) is 5.13 Å². The molecule has 1 aliphatic rings. The molecule has 0 aromatic carbocycles. The Kier molecular flexibility index (Phi) is 7.57. The summed E-state index contributed by atoms with van der Waals surface area (Å²) in [6.45, 7) is 1.72. The molecule has 1 fully saturated rings. The maximum absolute atomic E-state index is 4.53. The third-order valence-electron chi connectivity index (χ3n) is 3.12. The third-order valence-corrected chi connectivity index (χ3v) is 4.18. The SMILES string of the molecule is CN=C(NCCC1CC1)NCc1csc(N(C)C)n1.I. The zero-order valence-electron chi connectivity index (χ0n) is 12.3. The van der Waals surface area contributed by atoms with Crippen molar-refractivity contribution in [3.05, 3.63) is 11.1 Å². The maximum atomic E-state index is 4.53. The Morgan fingerprint density at radius 2 is 2.20 bits per heavy atom. The highest BCUT2D eigenvalue weighted by Crippen LogP contribution is 2.31. The lowest BCUT2D eigenvalue weighted by atomic mass is 10.3. The molecule has 5 nitrogen and oxygen atoms in total. The van der Waals surface area contributed by atoms with Gasteiger partial charge in [0.05, 0.1) is 12.2 Å². The van der Waals surface area contributed by atoms with Crippen LogP contribution in [0.25, 0.3) is 0 Å². The number of nitrogens with zero attached hydrogens (tertiary/aromatic N) is 3. The van der Waals surface area contributed by atoms with Crippen LogP contribution < -0.4 is 15.5 Å². The summed E-state index contributed by atoms with van der Waals surface area (Å²) in [7, 11) is 5.82. The molecule has 7 heteroatoms. The van der Waals surface area contributed by atoms with Crippen molar-refractivity contribution in [1.29, 1.82) is 0 Å². The summed E-state index contributed by atoms with van der Waals surface area (Å²) in [5, 5.41) is 9.76. The molecule has 1 aromatic heterocycles. The topological polar surface area (TPSA) is 52.6 Å². The first-order valence-electron chi connectivity index (χ1n) is 6.75. The fraction of sp³-hybridized carbons (Fsp3) is 0.692. The van der Waals surface area contributed by atoms with Gasteiger partial charge in [-0.15, -0.1) is 35.3 Å². The summed E-state index contributed by atoms with van der Waals surface area (Å²) < 4.78 is 0. The largest absolute Gasteiger partial charge is 0.356 e. The van der Waals surface area contributed by atoms with Gasteiger partial charge in [-0.3, -0.25) is 4.99 Å². The summed E-state index contributed by atoms with van der Waals surface area (Å²) in [6, 6.07) is 0. The molecule has 1 heterocycles. The molecule has 1 aliphatic carbocycles. The molecule has 0 spiro atoms. The fourth-order valence-electron chi connectivity index (χ4n) is 1.78. The summed E-state index contributed by atoms with van der Waals surface area (Å²) in [6.07, 6.45) is 4.06. The van der Waals surface area contributed by atoms with Crippen molar-refractivity contribution in [2.75, 3.05) is 32.6 Å². The molecule has 0 unspecified atom stereocenters. The molecule has 0 saturated heterocycles. The van der Waals surface area contributed by atoms with Gasteiger partial charge in [-0.25, -0.2) is 4.98 Å². The minimum atomic E-state index is 0. The van der Waals surface area contributed by atoms with Gasteiger partial charge >= 0.3 is 0 Å². The summed E-state index contributed by atoms with van der Waals surface area (Å²) >= 11 is 1.66. The lowest BCUT2D eigenvalue weighted by molar-refractivity contribution is 0.683. The number of thiazole rings is 1. The Labute approximate surface area is 142 Å². The zero-order chi connectivity index (χ0) is 13.7. The van der Waals surface area contributed by atoms with E-state index in [4.69, 9.17) is 0 Å². The molecular formula is C13H24IN5S. The number of aromatic nitrogens is 1. The Morgan fingerprint density at radius 3 is 2.75 bits per heavy atom. The van der Waals surface area contributed by atoms with Crippen molar-refractivity contribution in [1.82, 2.24) is 15.6 Å². The minimum Gasteiger partial charge on any atom is -0.356 e. The van der Waals surface area contributed by atoms with Crippen LogP contribution in [-0.4, -0.2) is 38.6 Å². The van der Waals surface area contributed by atoms with Crippen molar-refractivity contribution in [3.63, 3.8) is 0 Å². The molecule has 0 amide bonds. The first kappa shape index (κ1) is 17.5. The van der Waals surface area contributed by atoms with Gasteiger partial charge in [-0.2, -0.15) is 0 Å². The zero-order valence-corrected chi connectivity index (χ0v) is 15.5. The average Bonchev–Trinajstić information content (AvgIpc) is 3.09. The van der Waals surface area contributed by atoms with Gasteiger partial charge in [-0.05, 0) is 12.3 Å². The Bertz CT molecular complexity index is 428. The molecule has 20 heavy (non-hydrogen) atoms. The molecule has 0 aliphatic heterocycles. The van der Waals surface area contributed by atoms with Gasteiger partial charge in [0.2, 0.25) is 0 Å². The van der Waals surface area contributed by atoms with Gasteiger partial charge in [0.1, 0.15) is 0 Å². The molecule has 1 aromatic rings. The molecule has 2 rings (SSSR count). The molecule has 0 radical (unpaired) electrons. The van der Waals surface area contributed by atoms with Crippen LogP contribution >= 0.6 is 35.3 Å². The molecule has 1 saturated carbocycles. The number of rotatable bonds is 6. The van der Waals surface area contributed by atoms with Gasteiger partial charge in [0.15, 0.2) is 11.1 Å². The van der Waals surface area contributed by atoms with E-state index in [1.807, 2.05) is 19.0 Å². The van der Waals surface area contributed by atoms with Crippen LogP contribution in [0.3, 0.4) is 0 Å². The van der Waals surface area contributed by atoms with Crippen LogP contribution in [0.1, 0.15) is 25.0 Å². The van der Waals surface area contributed by atoms with Crippen molar-refractivity contribution in [2.45, 2.75) is 25.8 Å². The number of aliphatic imine (C=N–C) groups is 1. The van der Waals surface area contributed by atoms with E-state index in [0.29, 0.717) is 6.54 Å². The average molecular weight is 409 g/mol. The normalized spacial score (nSPS) is 14.7. The number of anilines is 1. The minimum absolute atomic E-state index is 0. The number of halogens is 1. The highest BCUT2D eigenvalue weighted by atomic mass is 127. The third kappa shape index (κ3) is 5.82. The van der Waals surface area contributed by atoms with Crippen molar-refractivity contribution < 1.29 is 0 Å². The second kappa shape index (κ2) is 8.66. The van der Waals surface area contributed by atoms with Crippen molar-refractivity contribution in [2.24, 2.45) is 10.9 Å². The second-order valence-corrected chi connectivity index (χ2v) is 5.94. The van der Waals surface area contributed by atoms with E-state index >= 15 is 0 Å². The van der Waals surface area contributed by atoms with E-state index in [1.165, 1.54) is 19.3 Å². The van der Waals surface area contributed by atoms with E-state index in [2.05, 4.69) is 26.0 Å². The Balaban J connectivity index is 0.00000200. The maximum Gasteiger partial charge on any atom is 0.191 e. The van der Waals surface area contributed by atoms with Crippen LogP contribution in [-0.2, 0) is 6.54 Å². The van der Waals surface area contributed by atoms with Crippen LogP contribution in [0.2, 0.25) is 0 Å². The summed E-state index contributed by atoms with van der Waals surface area (Å²) in [4.78, 5) is 10.8. The van der Waals surface area contributed by atoms with E-state index in [9.17, 15) is 0 Å². The molecule has 0 bridgehead atoms. The monoisotopic (exact) mass is 409 g/mol. The highest BCUT2D eigenvalue weighted by molar-refractivity contribution is 14.0. The predicted molar refractivity (Wildman–Crippen MR) is 97.4 cm³/mol. The van der Waals surface area contributed by atoms with Crippen LogP contribution in [0.5, 0.6) is 0 Å². The summed E-state index contributed by atoms with van der Waals surface area (Å²) in [5.41, 5.74) is 1.05. The molecule has 2 N–H and O–H groups in total. The first-order valence-corrected chi connectivity index (χ1v) is 7.63. The van der Waals surface area contributed by atoms with Gasteiger partial charge in [-0.1, -0.05) is 12.8 Å². The quantitative estimate of drug-likeness (QED) is 0.430. The van der Waals surface area contributed by atoms with Crippen LogP contribution in [0, 0.1) is 5.92 Å². The van der Waals surface area contributed by atoms with Gasteiger partial charge < -0.3 is 15.5 Å². The number of hydrogen-bond donors (Lipinski definition) is 2. The predicted octanol–water partition coefficient (Wildman–Crippen LogP) is 2.29. The van der Waals surface area contributed by atoms with E-state index < -0.39 is 0 Å². The van der Waals surface area contributed by atoms with Crippen LogP contribution in [0.15, 0.2) is 10.4 Å². The number of hydrogen-bond acceptors (Lipinski definition) is 4. The molecular weight excluding hydrogens is 385 g/mol. The fourth-order valence-corrected chi connectivity index (χ4v) is 2.54. The number of nitrogens with one attached hydrogen (secondary N) is 2. The van der Waals surface area contributed by atoms with Gasteiger partial charge in [0.25, 0.3) is 0 Å². The standard InChI is InChI=1S/C13H23N5S.HI/c1-14-12(15-7-6-10-4-5-10)16-8-11-9-19-13(17-11)18(2)3;/h9-10H,4-8H2,1-3H3,(H2,14,15,16);1H. The lowest BCUT2D eigenvalue weighted by Crippen LogP contribution is -2.37. The van der Waals surface area contributed by atoms with E-state index in [1.54, 1.807) is 18.4 Å². The highest BCUT2D eigenvalue weighted by Gasteiger charge is 2.20. The number of guanidine groups is 1. The summed E-state index contributed by atoms with van der Waals surface area (Å²) in [5.74, 6) is 1.81. The molecule has 114 valence electrons. The van der Waals surface area contributed by atoms with E-state index in [0.717, 1.165) is 29.2 Å².